The molecule has 0 spiro atoms. The summed E-state index contributed by atoms with van der Waals surface area (Å²) in [7, 11) is 0. The van der Waals surface area contributed by atoms with Crippen LogP contribution >= 0.6 is 0 Å². The Balaban J connectivity index is 1.49. The summed E-state index contributed by atoms with van der Waals surface area (Å²) < 4.78 is 13.1. The normalized spacial score (nSPS) is 13.7. The fourth-order valence-electron chi connectivity index (χ4n) is 4.03. The molecular weight excluding hydrogens is 404 g/mol. The molecule has 3 heterocycles. The first-order valence-electron chi connectivity index (χ1n) is 10.6. The van der Waals surface area contributed by atoms with Crippen LogP contribution in [0.25, 0.3) is 16.7 Å². The van der Waals surface area contributed by atoms with Crippen molar-refractivity contribution in [1.82, 2.24) is 20.1 Å². The Morgan fingerprint density at radius 2 is 1.78 bits per heavy atom. The summed E-state index contributed by atoms with van der Waals surface area (Å²) in [4.78, 5) is 18.0. The smallest absolute Gasteiger partial charge is 0.252 e. The van der Waals surface area contributed by atoms with E-state index in [1.165, 1.54) is 0 Å². The van der Waals surface area contributed by atoms with E-state index in [2.05, 4.69) is 10.4 Å². The van der Waals surface area contributed by atoms with E-state index in [4.69, 9.17) is 14.5 Å². The SMILES string of the molecule is Cc1cc(C(=O)N[C@H](C)c2ccc3c(c2)OCCO3)c2c(C)nn(-c3ccccc3)c2n1. The summed E-state index contributed by atoms with van der Waals surface area (Å²) in [6, 6.07) is 17.2. The van der Waals surface area contributed by atoms with E-state index in [0.29, 0.717) is 30.2 Å². The van der Waals surface area contributed by atoms with E-state index < -0.39 is 0 Å². The molecule has 0 aliphatic carbocycles. The van der Waals surface area contributed by atoms with Gasteiger partial charge in [-0.15, -0.1) is 0 Å². The minimum absolute atomic E-state index is 0.168. The highest BCUT2D eigenvalue weighted by Gasteiger charge is 2.22. The van der Waals surface area contributed by atoms with Crippen LogP contribution in [0.1, 0.15) is 40.3 Å². The minimum Gasteiger partial charge on any atom is -0.486 e. The molecule has 1 aliphatic rings. The van der Waals surface area contributed by atoms with Gasteiger partial charge in [-0.1, -0.05) is 24.3 Å². The average Bonchev–Trinajstić information content (AvgIpc) is 3.14. The monoisotopic (exact) mass is 428 g/mol. The highest BCUT2D eigenvalue weighted by molar-refractivity contribution is 6.07. The number of carbonyl (C=O) groups is 1. The average molecular weight is 428 g/mol. The molecule has 2 aromatic heterocycles. The molecule has 162 valence electrons. The summed E-state index contributed by atoms with van der Waals surface area (Å²) in [5.41, 5.74) is 4.60. The van der Waals surface area contributed by atoms with Crippen molar-refractivity contribution < 1.29 is 14.3 Å². The van der Waals surface area contributed by atoms with Crippen LogP contribution in [0.3, 0.4) is 0 Å². The van der Waals surface area contributed by atoms with E-state index >= 15 is 0 Å². The predicted octanol–water partition coefficient (Wildman–Crippen LogP) is 4.30. The van der Waals surface area contributed by atoms with Gasteiger partial charge in [0.05, 0.1) is 28.4 Å². The Morgan fingerprint density at radius 3 is 2.56 bits per heavy atom. The molecule has 0 saturated carbocycles. The predicted molar refractivity (Wildman–Crippen MR) is 122 cm³/mol. The molecule has 1 amide bonds. The number of para-hydroxylation sites is 1. The van der Waals surface area contributed by atoms with E-state index in [1.54, 1.807) is 4.68 Å². The zero-order valence-electron chi connectivity index (χ0n) is 18.3. The number of amides is 1. The lowest BCUT2D eigenvalue weighted by molar-refractivity contribution is 0.0941. The third-order valence-corrected chi connectivity index (χ3v) is 5.60. The number of pyridine rings is 1. The first-order valence-corrected chi connectivity index (χ1v) is 10.6. The number of benzene rings is 2. The molecule has 32 heavy (non-hydrogen) atoms. The van der Waals surface area contributed by atoms with Crippen LogP contribution in [0.4, 0.5) is 0 Å². The van der Waals surface area contributed by atoms with Gasteiger partial charge in [0.2, 0.25) is 0 Å². The third kappa shape index (κ3) is 3.56. The summed E-state index contributed by atoms with van der Waals surface area (Å²) >= 11 is 0. The van der Waals surface area contributed by atoms with Crippen LogP contribution in [0.5, 0.6) is 11.5 Å². The van der Waals surface area contributed by atoms with Gasteiger partial charge in [0.25, 0.3) is 5.91 Å². The minimum atomic E-state index is -0.216. The highest BCUT2D eigenvalue weighted by atomic mass is 16.6. The van der Waals surface area contributed by atoms with Gasteiger partial charge in [0.15, 0.2) is 17.1 Å². The lowest BCUT2D eigenvalue weighted by Gasteiger charge is -2.21. The molecule has 5 rings (SSSR count). The van der Waals surface area contributed by atoms with Crippen LogP contribution in [0, 0.1) is 13.8 Å². The number of aromatic nitrogens is 3. The summed E-state index contributed by atoms with van der Waals surface area (Å²) in [6.07, 6.45) is 0. The number of nitrogens with one attached hydrogen (secondary N) is 1. The maximum atomic E-state index is 13.3. The lowest BCUT2D eigenvalue weighted by atomic mass is 10.1. The number of nitrogens with zero attached hydrogens (tertiary/aromatic N) is 3. The third-order valence-electron chi connectivity index (χ3n) is 5.60. The number of fused-ring (bicyclic) bond motifs is 2. The van der Waals surface area contributed by atoms with E-state index in [-0.39, 0.29) is 11.9 Å². The van der Waals surface area contributed by atoms with Crippen molar-refractivity contribution in [3.63, 3.8) is 0 Å². The molecule has 0 bridgehead atoms. The number of hydrogen-bond acceptors (Lipinski definition) is 5. The molecule has 1 atom stereocenters. The Morgan fingerprint density at radius 1 is 1.03 bits per heavy atom. The van der Waals surface area contributed by atoms with Gasteiger partial charge in [0.1, 0.15) is 13.2 Å². The van der Waals surface area contributed by atoms with Gasteiger partial charge >= 0.3 is 0 Å². The zero-order chi connectivity index (χ0) is 22.2. The van der Waals surface area contributed by atoms with Crippen LogP contribution in [0.2, 0.25) is 0 Å². The van der Waals surface area contributed by atoms with Crippen LogP contribution in [0.15, 0.2) is 54.6 Å². The molecule has 7 heteroatoms. The van der Waals surface area contributed by atoms with Crippen molar-refractivity contribution in [2.45, 2.75) is 26.8 Å². The first kappa shape index (κ1) is 20.1. The molecule has 4 aromatic rings. The molecule has 7 nitrogen and oxygen atoms in total. The molecule has 0 unspecified atom stereocenters. The lowest BCUT2D eigenvalue weighted by Crippen LogP contribution is -2.27. The van der Waals surface area contributed by atoms with Crippen molar-refractivity contribution in [2.75, 3.05) is 13.2 Å². The number of ether oxygens (including phenoxy) is 2. The molecular formula is C25H24N4O3. The second-order valence-corrected chi connectivity index (χ2v) is 7.94. The number of carbonyl (C=O) groups excluding carboxylic acids is 1. The Bertz CT molecular complexity index is 1310. The van der Waals surface area contributed by atoms with Gasteiger partial charge in [0, 0.05) is 5.69 Å². The number of aryl methyl sites for hydroxylation is 2. The van der Waals surface area contributed by atoms with Crippen LogP contribution < -0.4 is 14.8 Å². The Hall–Kier alpha value is -3.87. The molecule has 0 saturated heterocycles. The Kier molecular flexibility index (Phi) is 5.01. The van der Waals surface area contributed by atoms with Gasteiger partial charge < -0.3 is 14.8 Å². The fourth-order valence-corrected chi connectivity index (χ4v) is 4.03. The van der Waals surface area contributed by atoms with Crippen LogP contribution in [-0.4, -0.2) is 33.9 Å². The van der Waals surface area contributed by atoms with E-state index in [1.807, 2.05) is 75.4 Å². The number of hydrogen-bond donors (Lipinski definition) is 1. The second kappa shape index (κ2) is 8.00. The first-order chi connectivity index (χ1) is 15.5. The summed E-state index contributed by atoms with van der Waals surface area (Å²) in [6.45, 7) is 6.81. The van der Waals surface area contributed by atoms with E-state index in [0.717, 1.165) is 33.8 Å². The molecule has 0 fully saturated rings. The standard InChI is InChI=1S/C25H24N4O3/c1-15-13-20(23-17(3)28-29(24(23)26-15)19-7-5-4-6-8-19)25(30)27-16(2)18-9-10-21-22(14-18)32-12-11-31-21/h4-10,13-14,16H,11-12H2,1-3H3,(H,27,30)/t16-/m1/s1. The van der Waals surface area contributed by atoms with Gasteiger partial charge in [-0.3, -0.25) is 4.79 Å². The number of rotatable bonds is 4. The maximum absolute atomic E-state index is 13.3. The van der Waals surface area contributed by atoms with Crippen molar-refractivity contribution in [2.24, 2.45) is 0 Å². The van der Waals surface area contributed by atoms with Crippen molar-refractivity contribution >= 4 is 16.9 Å². The van der Waals surface area contributed by atoms with Gasteiger partial charge in [-0.05, 0) is 56.7 Å². The second-order valence-electron chi connectivity index (χ2n) is 7.94. The van der Waals surface area contributed by atoms with Crippen molar-refractivity contribution in [1.29, 1.82) is 0 Å². The zero-order valence-corrected chi connectivity index (χ0v) is 18.3. The van der Waals surface area contributed by atoms with Gasteiger partial charge in [-0.25, -0.2) is 9.67 Å². The van der Waals surface area contributed by atoms with Gasteiger partial charge in [-0.2, -0.15) is 5.10 Å². The maximum Gasteiger partial charge on any atom is 0.252 e. The quantitative estimate of drug-likeness (QED) is 0.524. The molecule has 1 aliphatic heterocycles. The van der Waals surface area contributed by atoms with Crippen molar-refractivity contribution in [3.05, 3.63) is 77.1 Å². The molecule has 2 aromatic carbocycles. The van der Waals surface area contributed by atoms with E-state index in [9.17, 15) is 4.79 Å². The molecule has 1 N–H and O–H groups in total. The largest absolute Gasteiger partial charge is 0.486 e. The van der Waals surface area contributed by atoms with Crippen LogP contribution in [-0.2, 0) is 0 Å². The van der Waals surface area contributed by atoms with Crippen molar-refractivity contribution in [3.8, 4) is 17.2 Å². The molecule has 0 radical (unpaired) electrons. The fraction of sp³-hybridized carbons (Fsp3) is 0.240. The summed E-state index contributed by atoms with van der Waals surface area (Å²) in [5, 5.41) is 8.54. The topological polar surface area (TPSA) is 78.3 Å². The Labute approximate surface area is 186 Å². The summed E-state index contributed by atoms with van der Waals surface area (Å²) in [5.74, 6) is 1.27. The highest BCUT2D eigenvalue weighted by Crippen LogP contribution is 2.33.